The molecule has 3 atom stereocenters. The van der Waals surface area contributed by atoms with Crippen LogP contribution in [-0.4, -0.2) is 59.6 Å². The SMILES string of the molecule is CCCSc1nc(N2CCC[C@@H](CC(=O)OC)C2)ccc1C(=O)N[C@H]1C2CC3CC1C[C@](O)(C3)C2. The number of methoxy groups -OCH3 is 1. The van der Waals surface area contributed by atoms with Crippen LogP contribution in [0.25, 0.3) is 0 Å². The van der Waals surface area contributed by atoms with E-state index in [-0.39, 0.29) is 23.8 Å². The number of nitrogens with one attached hydrogen (secondary N) is 1. The second kappa shape index (κ2) is 10.3. The predicted molar refractivity (Wildman–Crippen MR) is 137 cm³/mol. The van der Waals surface area contributed by atoms with Crippen LogP contribution in [0.15, 0.2) is 17.2 Å². The molecule has 2 N–H and O–H groups in total. The lowest BCUT2D eigenvalue weighted by atomic mass is 9.52. The maximum Gasteiger partial charge on any atom is 0.305 e. The molecule has 2 heterocycles. The summed E-state index contributed by atoms with van der Waals surface area (Å²) < 4.78 is 4.87. The van der Waals surface area contributed by atoms with Crippen molar-refractivity contribution in [3.05, 3.63) is 17.7 Å². The largest absolute Gasteiger partial charge is 0.469 e. The van der Waals surface area contributed by atoms with E-state index in [0.29, 0.717) is 29.7 Å². The van der Waals surface area contributed by atoms with E-state index in [1.807, 2.05) is 12.1 Å². The normalized spacial score (nSPS) is 33.6. The van der Waals surface area contributed by atoms with Crippen LogP contribution >= 0.6 is 11.8 Å². The van der Waals surface area contributed by atoms with E-state index in [2.05, 4.69) is 17.1 Å². The molecule has 5 aliphatic rings. The Balaban J connectivity index is 1.31. The van der Waals surface area contributed by atoms with E-state index in [1.165, 1.54) is 7.11 Å². The highest BCUT2D eigenvalue weighted by Gasteiger charge is 2.55. The molecular weight excluding hydrogens is 462 g/mol. The molecule has 4 aliphatic carbocycles. The molecule has 8 heteroatoms. The minimum Gasteiger partial charge on any atom is -0.469 e. The Labute approximate surface area is 212 Å². The van der Waals surface area contributed by atoms with Crippen LogP contribution < -0.4 is 10.2 Å². The lowest BCUT2D eigenvalue weighted by molar-refractivity contribution is -0.141. The first-order valence-corrected chi connectivity index (χ1v) is 14.3. The zero-order valence-corrected chi connectivity index (χ0v) is 21.8. The number of anilines is 1. The lowest BCUT2D eigenvalue weighted by Crippen LogP contribution is -2.61. The number of amides is 1. The summed E-state index contributed by atoms with van der Waals surface area (Å²) in [4.78, 5) is 32.5. The number of aliphatic hydroxyl groups is 1. The van der Waals surface area contributed by atoms with Crippen molar-refractivity contribution in [1.29, 1.82) is 0 Å². The van der Waals surface area contributed by atoms with Gasteiger partial charge in [-0.15, -0.1) is 11.8 Å². The summed E-state index contributed by atoms with van der Waals surface area (Å²) in [6.07, 6.45) is 8.31. The zero-order chi connectivity index (χ0) is 24.6. The van der Waals surface area contributed by atoms with E-state index in [9.17, 15) is 14.7 Å². The third kappa shape index (κ3) is 5.33. The second-order valence-corrected chi connectivity index (χ2v) is 12.4. The number of ether oxygens (including phenoxy) is 1. The summed E-state index contributed by atoms with van der Waals surface area (Å²) in [6, 6.07) is 4.05. The highest BCUT2D eigenvalue weighted by atomic mass is 32.2. The number of thioether (sulfide) groups is 1. The Hall–Kier alpha value is -1.80. The third-order valence-corrected chi connectivity index (χ3v) is 9.79. The molecule has 0 aromatic carbocycles. The fourth-order valence-corrected chi connectivity index (χ4v) is 8.17. The summed E-state index contributed by atoms with van der Waals surface area (Å²) in [5, 5.41) is 15.1. The third-order valence-electron chi connectivity index (χ3n) is 8.60. The molecule has 7 nitrogen and oxygen atoms in total. The van der Waals surface area contributed by atoms with Gasteiger partial charge in [0.25, 0.3) is 5.91 Å². The van der Waals surface area contributed by atoms with Crippen LogP contribution in [0, 0.1) is 23.7 Å². The highest BCUT2D eigenvalue weighted by Crippen LogP contribution is 2.55. The van der Waals surface area contributed by atoms with Crippen molar-refractivity contribution >= 4 is 29.5 Å². The van der Waals surface area contributed by atoms with Crippen LogP contribution in [0.2, 0.25) is 0 Å². The molecule has 35 heavy (non-hydrogen) atoms. The van der Waals surface area contributed by atoms with Crippen LogP contribution in [0.1, 0.15) is 75.1 Å². The summed E-state index contributed by atoms with van der Waals surface area (Å²) in [5.74, 6) is 3.25. The number of piperidine rings is 1. The minimum absolute atomic E-state index is 0.0330. The van der Waals surface area contributed by atoms with E-state index < -0.39 is 5.60 Å². The topological polar surface area (TPSA) is 91.8 Å². The van der Waals surface area contributed by atoms with E-state index in [0.717, 1.165) is 81.1 Å². The van der Waals surface area contributed by atoms with Gasteiger partial charge >= 0.3 is 5.97 Å². The van der Waals surface area contributed by atoms with Gasteiger partial charge in [0.2, 0.25) is 0 Å². The molecule has 4 saturated carbocycles. The van der Waals surface area contributed by atoms with Crippen LogP contribution in [-0.2, 0) is 9.53 Å². The van der Waals surface area contributed by atoms with E-state index in [1.54, 1.807) is 11.8 Å². The number of rotatable bonds is 8. The van der Waals surface area contributed by atoms with Crippen molar-refractivity contribution in [2.24, 2.45) is 23.7 Å². The quantitative estimate of drug-likeness (QED) is 0.410. The van der Waals surface area contributed by atoms with Gasteiger partial charge < -0.3 is 20.1 Å². The summed E-state index contributed by atoms with van der Waals surface area (Å²) >= 11 is 1.65. The predicted octanol–water partition coefficient (Wildman–Crippen LogP) is 4.03. The molecule has 1 aliphatic heterocycles. The Morgan fingerprint density at radius 1 is 1.26 bits per heavy atom. The van der Waals surface area contributed by atoms with Crippen LogP contribution in [0.3, 0.4) is 0 Å². The number of nitrogens with zero attached hydrogens (tertiary/aromatic N) is 2. The summed E-state index contributed by atoms with van der Waals surface area (Å²) in [7, 11) is 1.44. The Bertz CT molecular complexity index is 940. The van der Waals surface area contributed by atoms with Crippen LogP contribution in [0.5, 0.6) is 0 Å². The van der Waals surface area contributed by atoms with Gasteiger partial charge in [0.05, 0.1) is 18.3 Å². The molecular formula is C27H39N3O4S. The van der Waals surface area contributed by atoms with Gasteiger partial charge in [-0.2, -0.15) is 0 Å². The number of esters is 1. The van der Waals surface area contributed by atoms with Crippen molar-refractivity contribution in [2.45, 2.75) is 81.4 Å². The maximum atomic E-state index is 13.5. The Kier molecular flexibility index (Phi) is 7.31. The molecule has 1 aromatic heterocycles. The van der Waals surface area contributed by atoms with Gasteiger partial charge in [0.1, 0.15) is 10.8 Å². The standard InChI is InChI=1S/C27H39N3O4S/c1-3-9-35-26-21(6-7-22(28-26)30-8-4-5-17(16-30)12-23(31)34-2)25(32)29-24-19-10-18-11-20(24)15-27(33,13-18)14-19/h6-7,17-20,24,33H,3-5,8-16H2,1-2H3,(H,29,32)/t17-,18?,19?,20?,24-,27-/m0/s1. The van der Waals surface area contributed by atoms with Crippen molar-refractivity contribution in [2.75, 3.05) is 30.9 Å². The number of pyridine rings is 1. The van der Waals surface area contributed by atoms with Crippen molar-refractivity contribution < 1.29 is 19.4 Å². The van der Waals surface area contributed by atoms with E-state index >= 15 is 0 Å². The molecule has 2 unspecified atom stereocenters. The molecule has 0 spiro atoms. The van der Waals surface area contributed by atoms with Crippen LogP contribution in [0.4, 0.5) is 5.82 Å². The number of carbonyl (C=O) groups is 2. The monoisotopic (exact) mass is 501 g/mol. The van der Waals surface area contributed by atoms with Gasteiger partial charge in [-0.05, 0) is 92.9 Å². The molecule has 5 fully saturated rings. The first-order chi connectivity index (χ1) is 16.9. The molecule has 6 rings (SSSR count). The van der Waals surface area contributed by atoms with E-state index in [4.69, 9.17) is 9.72 Å². The number of aromatic nitrogens is 1. The van der Waals surface area contributed by atoms with Gasteiger partial charge in [0.15, 0.2) is 0 Å². The van der Waals surface area contributed by atoms with Crippen molar-refractivity contribution in [1.82, 2.24) is 10.3 Å². The first-order valence-electron chi connectivity index (χ1n) is 13.4. The molecule has 192 valence electrons. The number of hydrogen-bond donors (Lipinski definition) is 2. The van der Waals surface area contributed by atoms with Crippen molar-refractivity contribution in [3.63, 3.8) is 0 Å². The maximum absolute atomic E-state index is 13.5. The van der Waals surface area contributed by atoms with Crippen molar-refractivity contribution in [3.8, 4) is 0 Å². The lowest BCUT2D eigenvalue weighted by Gasteiger charge is -2.58. The summed E-state index contributed by atoms with van der Waals surface area (Å²) in [5.41, 5.74) is 0.159. The number of carbonyl (C=O) groups excluding carboxylic acids is 2. The molecule has 4 bridgehead atoms. The zero-order valence-electron chi connectivity index (χ0n) is 21.0. The second-order valence-electron chi connectivity index (χ2n) is 11.3. The smallest absolute Gasteiger partial charge is 0.305 e. The fraction of sp³-hybridized carbons (Fsp3) is 0.741. The highest BCUT2D eigenvalue weighted by molar-refractivity contribution is 7.99. The average Bonchev–Trinajstić information content (AvgIpc) is 2.83. The molecule has 1 saturated heterocycles. The fourth-order valence-electron chi connectivity index (χ4n) is 7.29. The summed E-state index contributed by atoms with van der Waals surface area (Å²) in [6.45, 7) is 3.82. The van der Waals surface area contributed by atoms with Gasteiger partial charge in [-0.1, -0.05) is 6.92 Å². The Morgan fingerprint density at radius 3 is 2.71 bits per heavy atom. The Morgan fingerprint density at radius 2 is 2.03 bits per heavy atom. The molecule has 0 radical (unpaired) electrons. The first kappa shape index (κ1) is 24.9. The average molecular weight is 502 g/mol. The van der Waals surface area contributed by atoms with Gasteiger partial charge in [-0.3, -0.25) is 9.59 Å². The van der Waals surface area contributed by atoms with Gasteiger partial charge in [-0.25, -0.2) is 4.98 Å². The molecule has 1 aromatic rings. The van der Waals surface area contributed by atoms with Gasteiger partial charge in [0, 0.05) is 25.6 Å². The number of hydrogen-bond acceptors (Lipinski definition) is 7. The minimum atomic E-state index is -0.497. The molecule has 1 amide bonds.